The Morgan fingerprint density at radius 3 is 2.80 bits per heavy atom. The lowest BCUT2D eigenvalue weighted by molar-refractivity contribution is 0.480. The number of nitrogens with one attached hydrogen (secondary N) is 1. The molecule has 1 aliphatic rings. The maximum absolute atomic E-state index is 4.50. The highest BCUT2D eigenvalue weighted by atomic mass is 15.3. The molecule has 1 aromatic rings. The molecule has 2 rings (SSSR count). The molecule has 0 aliphatic heterocycles. The Kier molecular flexibility index (Phi) is 3.10. The van der Waals surface area contributed by atoms with Gasteiger partial charge in [0.1, 0.15) is 0 Å². The normalized spacial score (nSPS) is 18.1. The lowest BCUT2D eigenvalue weighted by atomic mass is 10.1. The molecule has 84 valence electrons. The lowest BCUT2D eigenvalue weighted by Gasteiger charge is -2.15. The maximum Gasteiger partial charge on any atom is 0.0625 e. The van der Waals surface area contributed by atoms with E-state index in [1.807, 2.05) is 18.8 Å². The minimum absolute atomic E-state index is 0.482. The zero-order valence-electron chi connectivity index (χ0n) is 9.95. The number of nitrogens with zero attached hydrogens (tertiary/aromatic N) is 2. The second-order valence-corrected chi connectivity index (χ2v) is 4.56. The second kappa shape index (κ2) is 4.35. The first-order valence-corrected chi connectivity index (χ1v) is 5.94. The molecule has 1 aromatic heterocycles. The third-order valence-electron chi connectivity index (χ3n) is 3.30. The molecule has 1 unspecified atom stereocenters. The van der Waals surface area contributed by atoms with Crippen molar-refractivity contribution in [1.29, 1.82) is 0 Å². The fourth-order valence-electron chi connectivity index (χ4n) is 2.12. The van der Waals surface area contributed by atoms with Gasteiger partial charge in [-0.2, -0.15) is 5.10 Å². The van der Waals surface area contributed by atoms with Crippen LogP contribution in [-0.4, -0.2) is 16.8 Å². The number of rotatable bonds is 5. The van der Waals surface area contributed by atoms with Gasteiger partial charge in [0.2, 0.25) is 0 Å². The third-order valence-corrected chi connectivity index (χ3v) is 3.30. The van der Waals surface area contributed by atoms with Gasteiger partial charge in [-0.3, -0.25) is 4.68 Å². The maximum atomic E-state index is 4.50. The Bertz CT molecular complexity index is 326. The molecule has 1 fully saturated rings. The van der Waals surface area contributed by atoms with Crippen molar-refractivity contribution >= 4 is 0 Å². The smallest absolute Gasteiger partial charge is 0.0625 e. The molecule has 0 aromatic carbocycles. The van der Waals surface area contributed by atoms with Gasteiger partial charge < -0.3 is 5.32 Å². The topological polar surface area (TPSA) is 29.9 Å². The van der Waals surface area contributed by atoms with Gasteiger partial charge in [-0.15, -0.1) is 0 Å². The van der Waals surface area contributed by atoms with Crippen LogP contribution in [0.2, 0.25) is 0 Å². The molecule has 1 heterocycles. The summed E-state index contributed by atoms with van der Waals surface area (Å²) in [5.41, 5.74) is 2.53. The molecular weight excluding hydrogens is 186 g/mol. The summed E-state index contributed by atoms with van der Waals surface area (Å²) >= 11 is 0. The van der Waals surface area contributed by atoms with Crippen LogP contribution in [0.15, 0.2) is 6.07 Å². The van der Waals surface area contributed by atoms with Gasteiger partial charge in [0, 0.05) is 13.1 Å². The molecule has 3 nitrogen and oxygen atoms in total. The van der Waals surface area contributed by atoms with Crippen LogP contribution in [0.3, 0.4) is 0 Å². The molecule has 3 heteroatoms. The average Bonchev–Trinajstić information content (AvgIpc) is 2.98. The fraction of sp³-hybridized carbons (Fsp3) is 0.750. The summed E-state index contributed by atoms with van der Waals surface area (Å²) in [6, 6.07) is 2.72. The average molecular weight is 207 g/mol. The summed E-state index contributed by atoms with van der Waals surface area (Å²) in [6.45, 7) is 2.15. The van der Waals surface area contributed by atoms with Crippen LogP contribution < -0.4 is 5.32 Å². The Labute approximate surface area is 91.9 Å². The van der Waals surface area contributed by atoms with Gasteiger partial charge in [0.15, 0.2) is 0 Å². The molecule has 0 saturated heterocycles. The Morgan fingerprint density at radius 2 is 2.33 bits per heavy atom. The Morgan fingerprint density at radius 1 is 1.60 bits per heavy atom. The summed E-state index contributed by atoms with van der Waals surface area (Å²) < 4.78 is 2.03. The van der Waals surface area contributed by atoms with E-state index in [-0.39, 0.29) is 0 Å². The van der Waals surface area contributed by atoms with E-state index >= 15 is 0 Å². The lowest BCUT2D eigenvalue weighted by Crippen LogP contribution is -2.19. The van der Waals surface area contributed by atoms with Crippen LogP contribution in [0, 0.1) is 5.92 Å². The molecule has 0 amide bonds. The van der Waals surface area contributed by atoms with E-state index in [4.69, 9.17) is 0 Å². The van der Waals surface area contributed by atoms with Gasteiger partial charge in [0.25, 0.3) is 0 Å². The molecule has 1 saturated carbocycles. The quantitative estimate of drug-likeness (QED) is 0.800. The zero-order valence-corrected chi connectivity index (χ0v) is 9.95. The van der Waals surface area contributed by atoms with Crippen molar-refractivity contribution in [3.05, 3.63) is 17.5 Å². The highest BCUT2D eigenvalue weighted by Gasteiger charge is 2.27. The Balaban J connectivity index is 2.12. The Hall–Kier alpha value is -0.830. The first-order valence-electron chi connectivity index (χ1n) is 5.94. The SMILES string of the molecule is CCc1cc(C(CC2CC2)NC)n(C)n1. The first-order chi connectivity index (χ1) is 7.24. The van der Waals surface area contributed by atoms with Crippen LogP contribution in [0.1, 0.15) is 43.6 Å². The van der Waals surface area contributed by atoms with E-state index in [0.717, 1.165) is 12.3 Å². The molecule has 0 spiro atoms. The van der Waals surface area contributed by atoms with Crippen molar-refractivity contribution in [2.45, 2.75) is 38.6 Å². The molecular formula is C12H21N3. The first kappa shape index (κ1) is 10.7. The number of hydrogen-bond acceptors (Lipinski definition) is 2. The van der Waals surface area contributed by atoms with Gasteiger partial charge in [-0.1, -0.05) is 19.8 Å². The van der Waals surface area contributed by atoms with Crippen molar-refractivity contribution in [2.24, 2.45) is 13.0 Å². The third kappa shape index (κ3) is 2.40. The monoisotopic (exact) mass is 207 g/mol. The van der Waals surface area contributed by atoms with Crippen LogP contribution >= 0.6 is 0 Å². The molecule has 15 heavy (non-hydrogen) atoms. The standard InChI is InChI=1S/C12H21N3/c1-4-10-8-12(15(3)14-10)11(13-2)7-9-5-6-9/h8-9,11,13H,4-7H2,1-3H3. The van der Waals surface area contributed by atoms with Crippen molar-refractivity contribution in [3.63, 3.8) is 0 Å². The number of aryl methyl sites for hydroxylation is 2. The summed E-state index contributed by atoms with van der Waals surface area (Å²) in [5.74, 6) is 0.947. The molecule has 0 radical (unpaired) electrons. The number of hydrogen-bond donors (Lipinski definition) is 1. The molecule has 1 atom stereocenters. The second-order valence-electron chi connectivity index (χ2n) is 4.56. The van der Waals surface area contributed by atoms with Gasteiger partial charge in [-0.25, -0.2) is 0 Å². The zero-order chi connectivity index (χ0) is 10.8. The molecule has 0 bridgehead atoms. The fourth-order valence-corrected chi connectivity index (χ4v) is 2.12. The molecule has 1 aliphatic carbocycles. The minimum atomic E-state index is 0.482. The van der Waals surface area contributed by atoms with Crippen molar-refractivity contribution in [3.8, 4) is 0 Å². The summed E-state index contributed by atoms with van der Waals surface area (Å²) in [7, 11) is 4.09. The van der Waals surface area contributed by atoms with E-state index in [9.17, 15) is 0 Å². The highest BCUT2D eigenvalue weighted by Crippen LogP contribution is 2.37. The van der Waals surface area contributed by atoms with E-state index < -0.39 is 0 Å². The minimum Gasteiger partial charge on any atom is -0.312 e. The van der Waals surface area contributed by atoms with Gasteiger partial charge >= 0.3 is 0 Å². The van der Waals surface area contributed by atoms with Crippen molar-refractivity contribution in [1.82, 2.24) is 15.1 Å². The van der Waals surface area contributed by atoms with E-state index in [1.165, 1.54) is 30.7 Å². The summed E-state index contributed by atoms with van der Waals surface area (Å²) in [6.07, 6.45) is 5.11. The van der Waals surface area contributed by atoms with Gasteiger partial charge in [0.05, 0.1) is 11.4 Å². The largest absolute Gasteiger partial charge is 0.312 e. The van der Waals surface area contributed by atoms with E-state index in [2.05, 4.69) is 23.4 Å². The van der Waals surface area contributed by atoms with Crippen molar-refractivity contribution in [2.75, 3.05) is 7.05 Å². The van der Waals surface area contributed by atoms with Crippen LogP contribution in [-0.2, 0) is 13.5 Å². The van der Waals surface area contributed by atoms with Crippen LogP contribution in [0.25, 0.3) is 0 Å². The summed E-state index contributed by atoms with van der Waals surface area (Å²) in [5, 5.41) is 7.91. The summed E-state index contributed by atoms with van der Waals surface area (Å²) in [4.78, 5) is 0. The van der Waals surface area contributed by atoms with Crippen molar-refractivity contribution < 1.29 is 0 Å². The number of aromatic nitrogens is 2. The predicted octanol–water partition coefficient (Wildman–Crippen LogP) is 2.04. The van der Waals surface area contributed by atoms with E-state index in [1.54, 1.807) is 0 Å². The predicted molar refractivity (Wildman–Crippen MR) is 61.7 cm³/mol. The van der Waals surface area contributed by atoms with Crippen LogP contribution in [0.5, 0.6) is 0 Å². The van der Waals surface area contributed by atoms with Crippen LogP contribution in [0.4, 0.5) is 0 Å². The highest BCUT2D eigenvalue weighted by molar-refractivity contribution is 5.14. The van der Waals surface area contributed by atoms with Gasteiger partial charge in [-0.05, 0) is 31.9 Å². The van der Waals surface area contributed by atoms with E-state index in [0.29, 0.717) is 6.04 Å². The molecule has 1 N–H and O–H groups in total.